The van der Waals surface area contributed by atoms with E-state index in [0.29, 0.717) is 17.9 Å². The number of likely N-dealkylation sites (N-methyl/N-ethyl adjacent to an activating group) is 1. The zero-order valence-electron chi connectivity index (χ0n) is 15.1. The van der Waals surface area contributed by atoms with Gasteiger partial charge in [-0.15, -0.1) is 0 Å². The van der Waals surface area contributed by atoms with E-state index in [1.807, 2.05) is 6.07 Å². The van der Waals surface area contributed by atoms with Crippen LogP contribution in [0.1, 0.15) is 23.7 Å². The Labute approximate surface area is 158 Å². The lowest BCUT2D eigenvalue weighted by molar-refractivity contribution is -0.125. The molecule has 1 aliphatic rings. The molecule has 1 aromatic carbocycles. The normalized spacial score (nSPS) is 22.1. The molecule has 27 heavy (non-hydrogen) atoms. The summed E-state index contributed by atoms with van der Waals surface area (Å²) in [7, 11) is -0.811. The quantitative estimate of drug-likeness (QED) is 0.793. The van der Waals surface area contributed by atoms with Gasteiger partial charge in [-0.25, -0.2) is 0 Å². The first-order chi connectivity index (χ1) is 12.9. The Hall–Kier alpha value is -2.49. The molecule has 1 saturated heterocycles. The first kappa shape index (κ1) is 19.3. The molecule has 8 nitrogen and oxygen atoms in total. The molecule has 1 fully saturated rings. The number of rotatable bonds is 5. The Kier molecular flexibility index (Phi) is 5.73. The Morgan fingerprint density at radius 2 is 2.04 bits per heavy atom. The van der Waals surface area contributed by atoms with Gasteiger partial charge in [0.25, 0.3) is 10.2 Å². The summed E-state index contributed by atoms with van der Waals surface area (Å²) in [6.45, 7) is 0.241. The van der Waals surface area contributed by atoms with Crippen molar-refractivity contribution in [3.8, 4) is 5.75 Å². The van der Waals surface area contributed by atoms with Crippen molar-refractivity contribution >= 4 is 16.1 Å². The fourth-order valence-electron chi connectivity index (χ4n) is 2.96. The summed E-state index contributed by atoms with van der Waals surface area (Å²) in [6, 6.07) is 11.2. The molecule has 2 heterocycles. The smallest absolute Gasteiger partial charge is 0.280 e. The van der Waals surface area contributed by atoms with Gasteiger partial charge in [-0.2, -0.15) is 17.4 Å². The lowest BCUT2D eigenvalue weighted by atomic mass is 9.99. The molecule has 9 heteroatoms. The van der Waals surface area contributed by atoms with Gasteiger partial charge in [0, 0.05) is 19.3 Å². The van der Waals surface area contributed by atoms with E-state index in [0.717, 1.165) is 9.87 Å². The third-order valence-corrected chi connectivity index (χ3v) is 6.15. The van der Waals surface area contributed by atoms with Gasteiger partial charge in [0.05, 0.1) is 19.3 Å². The summed E-state index contributed by atoms with van der Waals surface area (Å²) in [6.07, 6.45) is 1.96. The first-order valence-electron chi connectivity index (χ1n) is 8.47. The number of pyridine rings is 1. The molecule has 2 N–H and O–H groups in total. The van der Waals surface area contributed by atoms with Crippen LogP contribution in [0.2, 0.25) is 0 Å². The lowest BCUT2D eigenvalue weighted by Crippen LogP contribution is -2.57. The van der Waals surface area contributed by atoms with Crippen molar-refractivity contribution in [2.24, 2.45) is 0 Å². The van der Waals surface area contributed by atoms with Gasteiger partial charge < -0.3 is 10.1 Å². The van der Waals surface area contributed by atoms with Gasteiger partial charge in [0.2, 0.25) is 5.91 Å². The molecule has 2 aromatic rings. The van der Waals surface area contributed by atoms with E-state index in [4.69, 9.17) is 4.74 Å². The highest BCUT2D eigenvalue weighted by Crippen LogP contribution is 2.28. The van der Waals surface area contributed by atoms with Crippen LogP contribution in [0.5, 0.6) is 5.75 Å². The minimum atomic E-state index is -3.78. The van der Waals surface area contributed by atoms with Crippen molar-refractivity contribution in [2.45, 2.75) is 25.0 Å². The van der Waals surface area contributed by atoms with E-state index in [1.165, 1.54) is 7.05 Å². The molecule has 0 radical (unpaired) electrons. The largest absolute Gasteiger partial charge is 0.497 e. The maximum absolute atomic E-state index is 12.7. The highest BCUT2D eigenvalue weighted by molar-refractivity contribution is 7.87. The molecule has 1 amide bonds. The minimum Gasteiger partial charge on any atom is -0.497 e. The Morgan fingerprint density at radius 3 is 2.67 bits per heavy atom. The topological polar surface area (TPSA) is 101 Å². The summed E-state index contributed by atoms with van der Waals surface area (Å²) < 4.78 is 33.8. The average Bonchev–Trinajstić information content (AvgIpc) is 2.69. The van der Waals surface area contributed by atoms with Crippen LogP contribution in [-0.4, -0.2) is 43.8 Å². The number of amides is 1. The zero-order chi connectivity index (χ0) is 19.4. The van der Waals surface area contributed by atoms with Crippen molar-refractivity contribution in [1.82, 2.24) is 19.3 Å². The van der Waals surface area contributed by atoms with Crippen LogP contribution in [0.4, 0.5) is 0 Å². The number of carbonyl (C=O) groups is 1. The second-order valence-electron chi connectivity index (χ2n) is 6.26. The van der Waals surface area contributed by atoms with E-state index >= 15 is 0 Å². The van der Waals surface area contributed by atoms with Gasteiger partial charge in [-0.05, 0) is 36.2 Å². The predicted molar refractivity (Wildman–Crippen MR) is 100 cm³/mol. The van der Waals surface area contributed by atoms with E-state index in [-0.39, 0.29) is 12.5 Å². The Balaban J connectivity index is 1.75. The van der Waals surface area contributed by atoms with E-state index in [2.05, 4.69) is 15.0 Å². The fraction of sp³-hybridized carbons (Fsp3) is 0.333. The number of hydrogen-bond acceptors (Lipinski definition) is 5. The third-order valence-electron chi connectivity index (χ3n) is 4.56. The standard InChI is InChI=1S/C18H22N4O4S/c1-22-17(18(23)20-12-14-5-3-4-10-19-14)11-16(21-27(22,24)25)13-6-8-15(26-2)9-7-13/h3-10,16-17,21H,11-12H2,1-2H3,(H,20,23). The maximum Gasteiger partial charge on any atom is 0.280 e. The molecule has 3 rings (SSSR count). The van der Waals surface area contributed by atoms with Crippen LogP contribution in [0.25, 0.3) is 0 Å². The molecule has 2 unspecified atom stereocenters. The number of nitrogens with one attached hydrogen (secondary N) is 2. The monoisotopic (exact) mass is 390 g/mol. The maximum atomic E-state index is 12.7. The van der Waals surface area contributed by atoms with Crippen LogP contribution in [0.3, 0.4) is 0 Å². The minimum absolute atomic E-state index is 0.241. The highest BCUT2D eigenvalue weighted by atomic mass is 32.2. The average molecular weight is 390 g/mol. The molecular weight excluding hydrogens is 368 g/mol. The van der Waals surface area contributed by atoms with Gasteiger partial charge in [-0.3, -0.25) is 9.78 Å². The number of methoxy groups -OCH3 is 1. The zero-order valence-corrected chi connectivity index (χ0v) is 15.9. The number of ether oxygens (including phenoxy) is 1. The van der Waals surface area contributed by atoms with E-state index in [9.17, 15) is 13.2 Å². The summed E-state index contributed by atoms with van der Waals surface area (Å²) in [5.41, 5.74) is 1.48. The first-order valence-corrected chi connectivity index (χ1v) is 9.91. The summed E-state index contributed by atoms with van der Waals surface area (Å²) in [5, 5.41) is 2.77. The number of benzene rings is 1. The van der Waals surface area contributed by atoms with Crippen LogP contribution in [0.15, 0.2) is 48.7 Å². The molecule has 0 spiro atoms. The second-order valence-corrected chi connectivity index (χ2v) is 8.02. The van der Waals surface area contributed by atoms with Crippen LogP contribution in [0, 0.1) is 0 Å². The number of aromatic nitrogens is 1. The lowest BCUT2D eigenvalue weighted by Gasteiger charge is -2.36. The van der Waals surface area contributed by atoms with Crippen molar-refractivity contribution in [1.29, 1.82) is 0 Å². The highest BCUT2D eigenvalue weighted by Gasteiger charge is 2.40. The number of hydrogen-bond donors (Lipinski definition) is 2. The van der Waals surface area contributed by atoms with Crippen molar-refractivity contribution < 1.29 is 17.9 Å². The van der Waals surface area contributed by atoms with Gasteiger partial charge in [-0.1, -0.05) is 18.2 Å². The second kappa shape index (κ2) is 8.03. The molecule has 1 aromatic heterocycles. The molecule has 2 atom stereocenters. The molecule has 1 aliphatic heterocycles. The van der Waals surface area contributed by atoms with Gasteiger partial charge in [0.1, 0.15) is 11.8 Å². The predicted octanol–water partition coefficient (Wildman–Crippen LogP) is 0.986. The van der Waals surface area contributed by atoms with Crippen molar-refractivity contribution in [2.75, 3.05) is 14.2 Å². The van der Waals surface area contributed by atoms with Crippen LogP contribution < -0.4 is 14.8 Å². The SMILES string of the molecule is COc1ccc(C2CC(C(=O)NCc3ccccn3)N(C)S(=O)(=O)N2)cc1. The fourth-order valence-corrected chi connectivity index (χ4v) is 4.24. The van der Waals surface area contributed by atoms with Crippen LogP contribution >= 0.6 is 0 Å². The molecule has 144 valence electrons. The Bertz CT molecular complexity index is 887. The molecular formula is C18H22N4O4S. The number of carbonyl (C=O) groups excluding carboxylic acids is 1. The Morgan fingerprint density at radius 1 is 1.30 bits per heavy atom. The molecule has 0 aliphatic carbocycles. The van der Waals surface area contributed by atoms with Crippen LogP contribution in [-0.2, 0) is 21.5 Å². The summed E-state index contributed by atoms with van der Waals surface area (Å²) in [4.78, 5) is 16.8. The van der Waals surface area contributed by atoms with Gasteiger partial charge >= 0.3 is 0 Å². The van der Waals surface area contributed by atoms with Gasteiger partial charge in [0.15, 0.2) is 0 Å². The third kappa shape index (κ3) is 4.44. The summed E-state index contributed by atoms with van der Waals surface area (Å²) in [5.74, 6) is 0.325. The van der Waals surface area contributed by atoms with Crippen molar-refractivity contribution in [3.63, 3.8) is 0 Å². The number of nitrogens with zero attached hydrogens (tertiary/aromatic N) is 2. The van der Waals surface area contributed by atoms with E-state index < -0.39 is 22.3 Å². The van der Waals surface area contributed by atoms with Crippen molar-refractivity contribution in [3.05, 3.63) is 59.9 Å². The molecule has 0 bridgehead atoms. The molecule has 0 saturated carbocycles. The van der Waals surface area contributed by atoms with E-state index in [1.54, 1.807) is 49.7 Å². The summed E-state index contributed by atoms with van der Waals surface area (Å²) >= 11 is 0.